The summed E-state index contributed by atoms with van der Waals surface area (Å²) >= 11 is 4.71. The molecule has 1 amide bonds. The van der Waals surface area contributed by atoms with Crippen LogP contribution in [0.4, 0.5) is 4.39 Å². The van der Waals surface area contributed by atoms with Crippen molar-refractivity contribution in [1.82, 2.24) is 4.90 Å². The number of benzene rings is 1. The van der Waals surface area contributed by atoms with Crippen molar-refractivity contribution in [2.45, 2.75) is 6.92 Å². The summed E-state index contributed by atoms with van der Waals surface area (Å²) in [6.07, 6.45) is 0. The second-order valence-corrected chi connectivity index (χ2v) is 4.11. The molecule has 0 aliphatic rings. The molecule has 0 unspecified atom stereocenters. The predicted molar refractivity (Wildman–Crippen MR) is 64.9 cm³/mol. The van der Waals surface area contributed by atoms with Crippen LogP contribution in [0.15, 0.2) is 18.2 Å². The molecular formula is C11H13FN2OS. The Morgan fingerprint density at radius 3 is 2.75 bits per heavy atom. The minimum atomic E-state index is -0.433. The van der Waals surface area contributed by atoms with E-state index in [-0.39, 0.29) is 17.4 Å². The third-order valence-electron chi connectivity index (χ3n) is 2.17. The van der Waals surface area contributed by atoms with Gasteiger partial charge in [-0.2, -0.15) is 0 Å². The summed E-state index contributed by atoms with van der Waals surface area (Å²) in [4.78, 5) is 13.5. The van der Waals surface area contributed by atoms with Gasteiger partial charge in [-0.1, -0.05) is 18.3 Å². The summed E-state index contributed by atoms with van der Waals surface area (Å²) in [7, 11) is 1.58. The number of rotatable bonds is 3. The second-order valence-electron chi connectivity index (χ2n) is 3.59. The van der Waals surface area contributed by atoms with Gasteiger partial charge >= 0.3 is 0 Å². The van der Waals surface area contributed by atoms with Gasteiger partial charge in [-0.3, -0.25) is 4.79 Å². The number of carbonyl (C=O) groups is 1. The van der Waals surface area contributed by atoms with E-state index in [1.165, 1.54) is 17.0 Å². The predicted octanol–water partition coefficient (Wildman–Crippen LogP) is 1.49. The molecular weight excluding hydrogens is 227 g/mol. The SMILES string of the molecule is Cc1ccc(F)cc1C(=O)N(C)CC(N)=S. The van der Waals surface area contributed by atoms with Crippen LogP contribution in [-0.4, -0.2) is 29.4 Å². The molecule has 0 bridgehead atoms. The van der Waals surface area contributed by atoms with E-state index >= 15 is 0 Å². The lowest BCUT2D eigenvalue weighted by Crippen LogP contribution is -2.34. The van der Waals surface area contributed by atoms with Crippen LogP contribution in [-0.2, 0) is 0 Å². The van der Waals surface area contributed by atoms with Crippen molar-refractivity contribution >= 4 is 23.1 Å². The van der Waals surface area contributed by atoms with Crippen LogP contribution in [0.3, 0.4) is 0 Å². The average molecular weight is 240 g/mol. The van der Waals surface area contributed by atoms with E-state index in [2.05, 4.69) is 0 Å². The Bertz CT molecular complexity index is 434. The zero-order valence-electron chi connectivity index (χ0n) is 9.16. The van der Waals surface area contributed by atoms with E-state index in [4.69, 9.17) is 18.0 Å². The van der Waals surface area contributed by atoms with E-state index in [0.717, 1.165) is 5.56 Å². The first-order valence-corrected chi connectivity index (χ1v) is 5.12. The molecule has 1 aromatic carbocycles. The molecule has 1 aromatic rings. The molecule has 0 atom stereocenters. The highest BCUT2D eigenvalue weighted by Gasteiger charge is 2.15. The number of thiocarbonyl (C=S) groups is 1. The van der Waals surface area contributed by atoms with E-state index in [1.54, 1.807) is 20.0 Å². The molecule has 0 aliphatic heterocycles. The van der Waals surface area contributed by atoms with Gasteiger partial charge in [-0.15, -0.1) is 0 Å². The number of aryl methyl sites for hydroxylation is 1. The molecule has 2 N–H and O–H groups in total. The third-order valence-corrected chi connectivity index (χ3v) is 2.30. The van der Waals surface area contributed by atoms with Crippen molar-refractivity contribution in [1.29, 1.82) is 0 Å². The van der Waals surface area contributed by atoms with Crippen molar-refractivity contribution in [2.75, 3.05) is 13.6 Å². The molecule has 16 heavy (non-hydrogen) atoms. The average Bonchev–Trinajstić information content (AvgIpc) is 2.19. The van der Waals surface area contributed by atoms with Gasteiger partial charge < -0.3 is 10.6 Å². The summed E-state index contributed by atoms with van der Waals surface area (Å²) in [6.45, 7) is 1.94. The lowest BCUT2D eigenvalue weighted by Gasteiger charge is -2.17. The topological polar surface area (TPSA) is 46.3 Å². The maximum absolute atomic E-state index is 13.0. The van der Waals surface area contributed by atoms with Crippen molar-refractivity contribution in [3.05, 3.63) is 35.1 Å². The van der Waals surface area contributed by atoms with Crippen LogP contribution in [0.25, 0.3) is 0 Å². The Labute approximate surface area is 99.0 Å². The van der Waals surface area contributed by atoms with Crippen LogP contribution >= 0.6 is 12.2 Å². The van der Waals surface area contributed by atoms with Gasteiger partial charge in [0.25, 0.3) is 5.91 Å². The molecule has 0 heterocycles. The zero-order valence-corrected chi connectivity index (χ0v) is 9.97. The van der Waals surface area contributed by atoms with Crippen molar-refractivity contribution < 1.29 is 9.18 Å². The number of nitrogens with two attached hydrogens (primary N) is 1. The first kappa shape index (κ1) is 12.6. The van der Waals surface area contributed by atoms with Gasteiger partial charge in [0.05, 0.1) is 11.5 Å². The lowest BCUT2D eigenvalue weighted by molar-refractivity contribution is 0.0814. The van der Waals surface area contributed by atoms with Gasteiger partial charge in [0.15, 0.2) is 0 Å². The zero-order chi connectivity index (χ0) is 12.3. The fraction of sp³-hybridized carbons (Fsp3) is 0.273. The van der Waals surface area contributed by atoms with Gasteiger partial charge in [0.1, 0.15) is 5.82 Å². The molecule has 0 saturated carbocycles. The lowest BCUT2D eigenvalue weighted by atomic mass is 10.1. The normalized spacial score (nSPS) is 9.94. The van der Waals surface area contributed by atoms with Crippen LogP contribution in [0, 0.1) is 12.7 Å². The summed E-state index contributed by atoms with van der Waals surface area (Å²) < 4.78 is 13.0. The van der Waals surface area contributed by atoms with Crippen molar-refractivity contribution in [3.8, 4) is 0 Å². The Balaban J connectivity index is 2.95. The fourth-order valence-electron chi connectivity index (χ4n) is 1.34. The Kier molecular flexibility index (Phi) is 3.95. The standard InChI is InChI=1S/C11H13FN2OS/c1-7-3-4-8(12)5-9(7)11(15)14(2)6-10(13)16/h3-5H,6H2,1-2H3,(H2,13,16). The Hall–Kier alpha value is -1.49. The molecule has 0 fully saturated rings. The number of carbonyl (C=O) groups excluding carboxylic acids is 1. The van der Waals surface area contributed by atoms with Gasteiger partial charge in [0, 0.05) is 12.6 Å². The number of hydrogen-bond donors (Lipinski definition) is 1. The van der Waals surface area contributed by atoms with Gasteiger partial charge in [0.2, 0.25) is 0 Å². The maximum Gasteiger partial charge on any atom is 0.254 e. The number of nitrogens with zero attached hydrogens (tertiary/aromatic N) is 1. The number of hydrogen-bond acceptors (Lipinski definition) is 2. The monoisotopic (exact) mass is 240 g/mol. The first-order chi connectivity index (χ1) is 7.41. The fourth-order valence-corrected chi connectivity index (χ4v) is 1.53. The summed E-state index contributed by atoms with van der Waals surface area (Å²) in [6, 6.07) is 4.10. The molecule has 0 radical (unpaired) electrons. The molecule has 1 rings (SSSR count). The van der Waals surface area contributed by atoms with Crippen LogP contribution < -0.4 is 5.73 Å². The molecule has 0 spiro atoms. The quantitative estimate of drug-likeness (QED) is 0.814. The van der Waals surface area contributed by atoms with Crippen LogP contribution in [0.2, 0.25) is 0 Å². The first-order valence-electron chi connectivity index (χ1n) is 4.71. The van der Waals surface area contributed by atoms with Crippen LogP contribution in [0.1, 0.15) is 15.9 Å². The highest BCUT2D eigenvalue weighted by atomic mass is 32.1. The minimum Gasteiger partial charge on any atom is -0.392 e. The summed E-state index contributed by atoms with van der Waals surface area (Å²) in [5.74, 6) is -0.720. The molecule has 3 nitrogen and oxygen atoms in total. The highest BCUT2D eigenvalue weighted by Crippen LogP contribution is 2.12. The maximum atomic E-state index is 13.0. The Morgan fingerprint density at radius 2 is 2.19 bits per heavy atom. The van der Waals surface area contributed by atoms with E-state index in [0.29, 0.717) is 5.56 Å². The largest absolute Gasteiger partial charge is 0.392 e. The molecule has 0 aliphatic carbocycles. The minimum absolute atomic E-state index is 0.185. The van der Waals surface area contributed by atoms with E-state index in [9.17, 15) is 9.18 Å². The number of halogens is 1. The number of amides is 1. The molecule has 0 aromatic heterocycles. The third kappa shape index (κ3) is 3.00. The number of likely N-dealkylation sites (N-methyl/N-ethyl adjacent to an activating group) is 1. The van der Waals surface area contributed by atoms with Crippen LogP contribution in [0.5, 0.6) is 0 Å². The highest BCUT2D eigenvalue weighted by molar-refractivity contribution is 7.80. The second kappa shape index (κ2) is 5.03. The molecule has 86 valence electrons. The smallest absolute Gasteiger partial charge is 0.254 e. The van der Waals surface area contributed by atoms with Crippen molar-refractivity contribution in [2.24, 2.45) is 5.73 Å². The van der Waals surface area contributed by atoms with Gasteiger partial charge in [-0.05, 0) is 24.6 Å². The van der Waals surface area contributed by atoms with Crippen molar-refractivity contribution in [3.63, 3.8) is 0 Å². The summed E-state index contributed by atoms with van der Waals surface area (Å²) in [5, 5.41) is 0. The Morgan fingerprint density at radius 1 is 1.56 bits per heavy atom. The molecule has 5 heteroatoms. The molecule has 0 saturated heterocycles. The van der Waals surface area contributed by atoms with Gasteiger partial charge in [-0.25, -0.2) is 4.39 Å². The van der Waals surface area contributed by atoms with E-state index < -0.39 is 5.82 Å². The summed E-state index contributed by atoms with van der Waals surface area (Å²) in [5.41, 5.74) is 6.40. The van der Waals surface area contributed by atoms with E-state index in [1.807, 2.05) is 0 Å².